The zero-order chi connectivity index (χ0) is 16.5. The number of benzene rings is 1. The molecule has 0 saturated carbocycles. The van der Waals surface area contributed by atoms with Gasteiger partial charge in [-0.15, -0.1) is 0 Å². The maximum absolute atomic E-state index is 13.1. The first kappa shape index (κ1) is 15.7. The van der Waals surface area contributed by atoms with Crippen molar-refractivity contribution >= 4 is 6.16 Å². The molecule has 1 aromatic carbocycles. The molecule has 118 valence electrons. The lowest BCUT2D eigenvalue weighted by molar-refractivity contribution is -0.143. The number of hydrogen-bond donors (Lipinski definition) is 1. The lowest BCUT2D eigenvalue weighted by Gasteiger charge is -2.11. The molecule has 1 N–H and O–H groups in total. The van der Waals surface area contributed by atoms with E-state index in [0.717, 1.165) is 0 Å². The van der Waals surface area contributed by atoms with Crippen molar-refractivity contribution in [2.24, 2.45) is 0 Å². The van der Waals surface area contributed by atoms with E-state index >= 15 is 0 Å². The molecule has 0 amide bonds. The standard InChI is InChI=1S/C12H7F5N2O3/c13-10(14)7-8(22-11(20)21)9(12(15,16)17)19(18-7)6-4-2-1-3-5-6/h1-5,10H,(H,20,21). The Kier molecular flexibility index (Phi) is 4.02. The SMILES string of the molecule is O=C(O)Oc1c(C(F)F)nn(-c2ccccc2)c1C(F)(F)F. The number of rotatable bonds is 3. The zero-order valence-corrected chi connectivity index (χ0v) is 10.5. The Labute approximate surface area is 119 Å². The van der Waals surface area contributed by atoms with E-state index in [-0.39, 0.29) is 10.4 Å². The van der Waals surface area contributed by atoms with Gasteiger partial charge in [-0.05, 0) is 12.1 Å². The second kappa shape index (κ2) is 5.62. The van der Waals surface area contributed by atoms with Gasteiger partial charge in [0.25, 0.3) is 6.43 Å². The van der Waals surface area contributed by atoms with E-state index in [1.165, 1.54) is 30.3 Å². The van der Waals surface area contributed by atoms with Gasteiger partial charge >= 0.3 is 12.3 Å². The van der Waals surface area contributed by atoms with Crippen LogP contribution in [0.15, 0.2) is 30.3 Å². The van der Waals surface area contributed by atoms with Crippen LogP contribution in [0, 0.1) is 0 Å². The van der Waals surface area contributed by atoms with E-state index in [1.807, 2.05) is 0 Å². The Balaban J connectivity index is 2.76. The number of hydrogen-bond acceptors (Lipinski definition) is 3. The van der Waals surface area contributed by atoms with Gasteiger partial charge in [-0.25, -0.2) is 18.3 Å². The molecule has 22 heavy (non-hydrogen) atoms. The quantitative estimate of drug-likeness (QED) is 0.688. The fraction of sp³-hybridized carbons (Fsp3) is 0.167. The van der Waals surface area contributed by atoms with Crippen molar-refractivity contribution in [2.45, 2.75) is 12.6 Å². The van der Waals surface area contributed by atoms with Crippen LogP contribution < -0.4 is 4.74 Å². The summed E-state index contributed by atoms with van der Waals surface area (Å²) in [7, 11) is 0. The highest BCUT2D eigenvalue weighted by Crippen LogP contribution is 2.42. The summed E-state index contributed by atoms with van der Waals surface area (Å²) < 4.78 is 69.2. The van der Waals surface area contributed by atoms with Crippen LogP contribution in [0.4, 0.5) is 26.7 Å². The van der Waals surface area contributed by atoms with E-state index < -0.39 is 35.9 Å². The molecule has 1 aromatic heterocycles. The van der Waals surface area contributed by atoms with Crippen molar-refractivity contribution in [3.8, 4) is 11.4 Å². The van der Waals surface area contributed by atoms with Crippen LogP contribution in [0.25, 0.3) is 5.69 Å². The molecule has 0 unspecified atom stereocenters. The maximum atomic E-state index is 13.1. The van der Waals surface area contributed by atoms with Gasteiger partial charge in [0.15, 0.2) is 17.1 Å². The second-order valence-electron chi connectivity index (χ2n) is 3.98. The fourth-order valence-electron chi connectivity index (χ4n) is 1.76. The van der Waals surface area contributed by atoms with Crippen molar-refractivity contribution in [1.29, 1.82) is 0 Å². The van der Waals surface area contributed by atoms with Gasteiger partial charge < -0.3 is 9.84 Å². The number of halogens is 5. The number of carbonyl (C=O) groups is 1. The summed E-state index contributed by atoms with van der Waals surface area (Å²) in [6.07, 6.45) is -10.7. The zero-order valence-electron chi connectivity index (χ0n) is 10.5. The molecule has 2 rings (SSSR count). The predicted molar refractivity (Wildman–Crippen MR) is 62.2 cm³/mol. The first-order valence-corrected chi connectivity index (χ1v) is 5.66. The van der Waals surface area contributed by atoms with Crippen LogP contribution >= 0.6 is 0 Å². The Morgan fingerprint density at radius 2 is 1.82 bits per heavy atom. The predicted octanol–water partition coefficient (Wildman–Crippen LogP) is 3.89. The number of alkyl halides is 5. The Morgan fingerprint density at radius 1 is 1.23 bits per heavy atom. The van der Waals surface area contributed by atoms with Gasteiger partial charge in [-0.1, -0.05) is 18.2 Å². The summed E-state index contributed by atoms with van der Waals surface area (Å²) in [4.78, 5) is 10.5. The van der Waals surface area contributed by atoms with Crippen molar-refractivity contribution in [3.05, 3.63) is 41.7 Å². The second-order valence-corrected chi connectivity index (χ2v) is 3.98. The Hall–Kier alpha value is -2.65. The summed E-state index contributed by atoms with van der Waals surface area (Å²) in [6, 6.07) is 6.64. The molecule has 0 radical (unpaired) electrons. The molecular formula is C12H7F5N2O3. The highest BCUT2D eigenvalue weighted by molar-refractivity contribution is 5.63. The lowest BCUT2D eigenvalue weighted by atomic mass is 10.3. The molecule has 0 saturated heterocycles. The first-order chi connectivity index (χ1) is 10.2. The highest BCUT2D eigenvalue weighted by Gasteiger charge is 2.44. The molecular weight excluding hydrogens is 315 g/mol. The maximum Gasteiger partial charge on any atom is 0.511 e. The van der Waals surface area contributed by atoms with Crippen LogP contribution in [0.2, 0.25) is 0 Å². The molecule has 1 heterocycles. The van der Waals surface area contributed by atoms with E-state index in [0.29, 0.717) is 0 Å². The monoisotopic (exact) mass is 322 g/mol. The summed E-state index contributed by atoms with van der Waals surface area (Å²) in [5, 5.41) is 11.6. The number of ether oxygens (including phenoxy) is 1. The van der Waals surface area contributed by atoms with E-state index in [9.17, 15) is 26.7 Å². The van der Waals surface area contributed by atoms with E-state index in [2.05, 4.69) is 9.84 Å². The minimum Gasteiger partial charge on any atom is -0.449 e. The fourth-order valence-corrected chi connectivity index (χ4v) is 1.76. The summed E-state index contributed by atoms with van der Waals surface area (Å²) in [5.41, 5.74) is -3.30. The van der Waals surface area contributed by atoms with Crippen LogP contribution in [0.1, 0.15) is 17.8 Å². The van der Waals surface area contributed by atoms with Gasteiger partial charge in [0.05, 0.1) is 5.69 Å². The first-order valence-electron chi connectivity index (χ1n) is 5.66. The number of nitrogens with zero attached hydrogens (tertiary/aromatic N) is 2. The minimum atomic E-state index is -5.15. The Morgan fingerprint density at radius 3 is 2.27 bits per heavy atom. The normalized spacial score (nSPS) is 11.7. The van der Waals surface area contributed by atoms with Crippen LogP contribution in [0.5, 0.6) is 5.75 Å². The third-order valence-electron chi connectivity index (χ3n) is 2.53. The molecule has 2 aromatic rings. The third-order valence-corrected chi connectivity index (χ3v) is 2.53. The van der Waals surface area contributed by atoms with Gasteiger partial charge in [-0.3, -0.25) is 0 Å². The highest BCUT2D eigenvalue weighted by atomic mass is 19.4. The molecule has 0 aliphatic rings. The average molecular weight is 322 g/mol. The molecule has 10 heteroatoms. The lowest BCUT2D eigenvalue weighted by Crippen LogP contribution is -2.16. The van der Waals surface area contributed by atoms with Gasteiger partial charge in [0, 0.05) is 0 Å². The molecule has 0 fully saturated rings. The van der Waals surface area contributed by atoms with Crippen molar-refractivity contribution in [3.63, 3.8) is 0 Å². The summed E-state index contributed by atoms with van der Waals surface area (Å²) >= 11 is 0. The van der Waals surface area contributed by atoms with Crippen LogP contribution in [-0.4, -0.2) is 21.0 Å². The number of aromatic nitrogens is 2. The molecule has 0 aliphatic heterocycles. The van der Waals surface area contributed by atoms with E-state index in [4.69, 9.17) is 5.11 Å². The average Bonchev–Trinajstić information content (AvgIpc) is 2.78. The van der Waals surface area contributed by atoms with Gasteiger partial charge in [0.2, 0.25) is 0 Å². The molecule has 0 spiro atoms. The Bertz CT molecular complexity index is 682. The van der Waals surface area contributed by atoms with Crippen molar-refractivity contribution in [2.75, 3.05) is 0 Å². The molecule has 0 bridgehead atoms. The number of carboxylic acid groups (broad SMARTS) is 1. The van der Waals surface area contributed by atoms with Crippen LogP contribution in [0.3, 0.4) is 0 Å². The molecule has 0 aliphatic carbocycles. The third kappa shape index (κ3) is 3.00. The number of para-hydroxylation sites is 1. The van der Waals surface area contributed by atoms with Gasteiger partial charge in [-0.2, -0.15) is 18.3 Å². The smallest absolute Gasteiger partial charge is 0.449 e. The van der Waals surface area contributed by atoms with E-state index in [1.54, 1.807) is 0 Å². The van der Waals surface area contributed by atoms with Gasteiger partial charge in [0.1, 0.15) is 0 Å². The molecule has 5 nitrogen and oxygen atoms in total. The largest absolute Gasteiger partial charge is 0.511 e. The van der Waals surface area contributed by atoms with Crippen molar-refractivity contribution < 1.29 is 36.6 Å². The van der Waals surface area contributed by atoms with Crippen molar-refractivity contribution in [1.82, 2.24) is 9.78 Å². The van der Waals surface area contributed by atoms with Crippen LogP contribution in [-0.2, 0) is 6.18 Å². The minimum absolute atomic E-state index is 0.169. The topological polar surface area (TPSA) is 64.3 Å². The summed E-state index contributed by atoms with van der Waals surface area (Å²) in [5.74, 6) is -1.53. The molecule has 0 atom stereocenters. The summed E-state index contributed by atoms with van der Waals surface area (Å²) in [6.45, 7) is 0.